The van der Waals surface area contributed by atoms with Crippen LogP contribution in [0.15, 0.2) is 29.2 Å². The molecule has 0 radical (unpaired) electrons. The molecule has 1 heterocycles. The quantitative estimate of drug-likeness (QED) is 0.590. The molecule has 1 aromatic rings. The van der Waals surface area contributed by atoms with Gasteiger partial charge in [-0.1, -0.05) is 18.6 Å². The highest BCUT2D eigenvalue weighted by molar-refractivity contribution is 7.89. The van der Waals surface area contributed by atoms with E-state index in [2.05, 4.69) is 10.6 Å². The SMILES string of the molecule is CC(C)NC(=O)CNC(=O)COC(=O)c1ccccc1S(=O)(=O)N1CCCCC1. The van der Waals surface area contributed by atoms with Gasteiger partial charge in [-0.25, -0.2) is 13.2 Å². The average Bonchev–Trinajstić information content (AvgIpc) is 2.70. The monoisotopic (exact) mass is 425 g/mol. The summed E-state index contributed by atoms with van der Waals surface area (Å²) in [5, 5.41) is 4.95. The highest BCUT2D eigenvalue weighted by Gasteiger charge is 2.30. The van der Waals surface area contributed by atoms with Crippen LogP contribution in [0.1, 0.15) is 43.5 Å². The van der Waals surface area contributed by atoms with Crippen LogP contribution in [0.4, 0.5) is 0 Å². The van der Waals surface area contributed by atoms with Crippen molar-refractivity contribution in [3.63, 3.8) is 0 Å². The normalized spacial score (nSPS) is 15.0. The van der Waals surface area contributed by atoms with Crippen molar-refractivity contribution in [3.8, 4) is 0 Å². The molecule has 2 N–H and O–H groups in total. The fourth-order valence-corrected chi connectivity index (χ4v) is 4.61. The summed E-state index contributed by atoms with van der Waals surface area (Å²) in [6, 6.07) is 5.72. The van der Waals surface area contributed by atoms with Crippen LogP contribution in [0.5, 0.6) is 0 Å². The summed E-state index contributed by atoms with van der Waals surface area (Å²) in [4.78, 5) is 35.6. The van der Waals surface area contributed by atoms with E-state index in [4.69, 9.17) is 4.74 Å². The Hall–Kier alpha value is -2.46. The Labute approximate surface area is 170 Å². The van der Waals surface area contributed by atoms with Crippen molar-refractivity contribution in [2.75, 3.05) is 26.2 Å². The molecule has 1 aliphatic rings. The zero-order valence-corrected chi connectivity index (χ0v) is 17.5. The van der Waals surface area contributed by atoms with Gasteiger partial charge in [0.05, 0.1) is 17.0 Å². The molecule has 0 bridgehead atoms. The number of carbonyl (C=O) groups excluding carboxylic acids is 3. The van der Waals surface area contributed by atoms with Crippen LogP contribution in [0.2, 0.25) is 0 Å². The minimum Gasteiger partial charge on any atom is -0.452 e. The number of nitrogens with zero attached hydrogens (tertiary/aromatic N) is 1. The minimum atomic E-state index is -3.83. The largest absolute Gasteiger partial charge is 0.452 e. The van der Waals surface area contributed by atoms with E-state index in [0.29, 0.717) is 13.1 Å². The zero-order chi connectivity index (χ0) is 21.4. The third kappa shape index (κ3) is 6.53. The number of piperidine rings is 1. The molecule has 160 valence electrons. The second kappa shape index (κ2) is 10.4. The Morgan fingerprint density at radius 3 is 2.38 bits per heavy atom. The summed E-state index contributed by atoms with van der Waals surface area (Å²) in [6.45, 7) is 3.53. The number of hydrogen-bond acceptors (Lipinski definition) is 6. The van der Waals surface area contributed by atoms with Gasteiger partial charge in [-0.3, -0.25) is 9.59 Å². The van der Waals surface area contributed by atoms with Crippen molar-refractivity contribution < 1.29 is 27.5 Å². The van der Waals surface area contributed by atoms with Gasteiger partial charge in [0.25, 0.3) is 5.91 Å². The van der Waals surface area contributed by atoms with E-state index in [-0.39, 0.29) is 29.0 Å². The number of benzene rings is 1. The molecule has 10 heteroatoms. The molecule has 0 atom stereocenters. The molecule has 1 saturated heterocycles. The maximum Gasteiger partial charge on any atom is 0.340 e. The van der Waals surface area contributed by atoms with Crippen molar-refractivity contribution >= 4 is 27.8 Å². The van der Waals surface area contributed by atoms with Crippen LogP contribution < -0.4 is 10.6 Å². The first-order chi connectivity index (χ1) is 13.7. The predicted molar refractivity (Wildman–Crippen MR) is 106 cm³/mol. The second-order valence-corrected chi connectivity index (χ2v) is 8.94. The van der Waals surface area contributed by atoms with E-state index in [1.54, 1.807) is 13.8 Å². The molecule has 9 nitrogen and oxygen atoms in total. The molecule has 0 spiro atoms. The summed E-state index contributed by atoms with van der Waals surface area (Å²) in [7, 11) is -3.83. The van der Waals surface area contributed by atoms with Gasteiger partial charge in [-0.2, -0.15) is 4.31 Å². The van der Waals surface area contributed by atoms with Crippen LogP contribution >= 0.6 is 0 Å². The van der Waals surface area contributed by atoms with Gasteiger partial charge in [0.15, 0.2) is 6.61 Å². The zero-order valence-electron chi connectivity index (χ0n) is 16.6. The lowest BCUT2D eigenvalue weighted by atomic mass is 10.2. The number of rotatable bonds is 8. The summed E-state index contributed by atoms with van der Waals surface area (Å²) in [5.41, 5.74) is -0.122. The Kier molecular flexibility index (Phi) is 8.15. The lowest BCUT2D eigenvalue weighted by molar-refractivity contribution is -0.128. The number of carbonyl (C=O) groups is 3. The Bertz CT molecular complexity index is 847. The smallest absolute Gasteiger partial charge is 0.340 e. The third-order valence-electron chi connectivity index (χ3n) is 4.27. The molecule has 0 unspecified atom stereocenters. The highest BCUT2D eigenvalue weighted by atomic mass is 32.2. The molecule has 0 aromatic heterocycles. The molecule has 1 aromatic carbocycles. The maximum absolute atomic E-state index is 12.9. The molecular weight excluding hydrogens is 398 g/mol. The summed E-state index contributed by atoms with van der Waals surface area (Å²) in [5.74, 6) is -1.94. The molecule has 2 rings (SSSR count). The molecule has 29 heavy (non-hydrogen) atoms. The Morgan fingerprint density at radius 2 is 1.72 bits per heavy atom. The molecule has 1 fully saturated rings. The predicted octanol–water partition coefficient (Wildman–Crippen LogP) is 0.659. The standard InChI is InChI=1S/C19H27N3O6S/c1-14(2)21-17(23)12-20-18(24)13-28-19(25)15-8-4-5-9-16(15)29(26,27)22-10-6-3-7-11-22/h4-5,8-9,14H,3,6-7,10-13H2,1-2H3,(H,20,24)(H,21,23). The number of sulfonamides is 1. The van der Waals surface area contributed by atoms with E-state index in [9.17, 15) is 22.8 Å². The van der Waals surface area contributed by atoms with E-state index >= 15 is 0 Å². The first-order valence-corrected chi connectivity index (χ1v) is 11.0. The second-order valence-electron chi connectivity index (χ2n) is 7.04. The maximum atomic E-state index is 12.9. The topological polar surface area (TPSA) is 122 Å². The third-order valence-corrected chi connectivity index (χ3v) is 6.23. The van der Waals surface area contributed by atoms with Crippen LogP contribution in [-0.4, -0.2) is 62.8 Å². The van der Waals surface area contributed by atoms with Gasteiger partial charge in [-0.15, -0.1) is 0 Å². The van der Waals surface area contributed by atoms with Gasteiger partial charge in [0.2, 0.25) is 15.9 Å². The van der Waals surface area contributed by atoms with Crippen LogP contribution in [0, 0.1) is 0 Å². The number of amides is 2. The van der Waals surface area contributed by atoms with Gasteiger partial charge < -0.3 is 15.4 Å². The number of esters is 1. The van der Waals surface area contributed by atoms with Gasteiger partial charge in [0, 0.05) is 19.1 Å². The van der Waals surface area contributed by atoms with E-state index in [0.717, 1.165) is 19.3 Å². The summed E-state index contributed by atoms with van der Waals surface area (Å²) >= 11 is 0. The summed E-state index contributed by atoms with van der Waals surface area (Å²) in [6.07, 6.45) is 2.52. The van der Waals surface area contributed by atoms with E-state index < -0.39 is 28.5 Å². The number of ether oxygens (including phenoxy) is 1. The lowest BCUT2D eigenvalue weighted by Gasteiger charge is -2.26. The van der Waals surface area contributed by atoms with Crippen molar-refractivity contribution in [2.24, 2.45) is 0 Å². The number of hydrogen-bond donors (Lipinski definition) is 2. The summed E-state index contributed by atoms with van der Waals surface area (Å²) < 4.78 is 32.1. The fourth-order valence-electron chi connectivity index (χ4n) is 2.92. The van der Waals surface area contributed by atoms with Crippen molar-refractivity contribution in [2.45, 2.75) is 44.0 Å². The first-order valence-electron chi connectivity index (χ1n) is 9.54. The van der Waals surface area contributed by atoms with Crippen LogP contribution in [0.25, 0.3) is 0 Å². The Balaban J connectivity index is 1.99. The van der Waals surface area contributed by atoms with Crippen molar-refractivity contribution in [3.05, 3.63) is 29.8 Å². The molecule has 1 aliphatic heterocycles. The van der Waals surface area contributed by atoms with Gasteiger partial charge >= 0.3 is 5.97 Å². The molecule has 0 saturated carbocycles. The van der Waals surface area contributed by atoms with Crippen LogP contribution in [0.3, 0.4) is 0 Å². The highest BCUT2D eigenvalue weighted by Crippen LogP contribution is 2.24. The van der Waals surface area contributed by atoms with Gasteiger partial charge in [0.1, 0.15) is 0 Å². The van der Waals surface area contributed by atoms with Crippen molar-refractivity contribution in [1.82, 2.24) is 14.9 Å². The average molecular weight is 426 g/mol. The van der Waals surface area contributed by atoms with Crippen molar-refractivity contribution in [1.29, 1.82) is 0 Å². The molecule has 0 aliphatic carbocycles. The Morgan fingerprint density at radius 1 is 1.07 bits per heavy atom. The molecular formula is C19H27N3O6S. The van der Waals surface area contributed by atoms with E-state index in [1.165, 1.54) is 28.6 Å². The first kappa shape index (κ1) is 22.8. The van der Waals surface area contributed by atoms with E-state index in [1.807, 2.05) is 0 Å². The fraction of sp³-hybridized carbons (Fsp3) is 0.526. The van der Waals surface area contributed by atoms with Gasteiger partial charge in [-0.05, 0) is 38.8 Å². The molecule has 2 amide bonds. The van der Waals surface area contributed by atoms with Crippen LogP contribution in [-0.2, 0) is 24.3 Å². The number of nitrogens with one attached hydrogen (secondary N) is 2. The minimum absolute atomic E-state index is 0.0596. The lowest BCUT2D eigenvalue weighted by Crippen LogP contribution is -2.41.